The van der Waals surface area contributed by atoms with E-state index in [0.717, 1.165) is 0 Å². The SMILES string of the molecule is COC(=O)CCN(C)c1cc(NC(C)=O)c(N)cc1O. The van der Waals surface area contributed by atoms with Crippen LogP contribution in [-0.4, -0.2) is 37.7 Å². The molecule has 1 aromatic carbocycles. The highest BCUT2D eigenvalue weighted by atomic mass is 16.5. The molecule has 7 nitrogen and oxygen atoms in total. The zero-order valence-electron chi connectivity index (χ0n) is 11.8. The normalized spacial score (nSPS) is 9.95. The Labute approximate surface area is 117 Å². The van der Waals surface area contributed by atoms with Gasteiger partial charge in [-0.1, -0.05) is 0 Å². The molecule has 20 heavy (non-hydrogen) atoms. The van der Waals surface area contributed by atoms with Crippen LogP contribution in [0.25, 0.3) is 0 Å². The van der Waals surface area contributed by atoms with Crippen LogP contribution in [-0.2, 0) is 14.3 Å². The number of nitrogens with zero attached hydrogens (tertiary/aromatic N) is 1. The molecule has 4 N–H and O–H groups in total. The van der Waals surface area contributed by atoms with Gasteiger partial charge in [0.2, 0.25) is 5.91 Å². The molecule has 0 heterocycles. The van der Waals surface area contributed by atoms with Crippen molar-refractivity contribution < 1.29 is 19.4 Å². The summed E-state index contributed by atoms with van der Waals surface area (Å²) in [5.41, 5.74) is 6.86. The number of ether oxygens (including phenoxy) is 1. The van der Waals surface area contributed by atoms with Gasteiger partial charge in [0.15, 0.2) is 0 Å². The van der Waals surface area contributed by atoms with Gasteiger partial charge in [-0.3, -0.25) is 9.59 Å². The molecule has 0 aliphatic heterocycles. The van der Waals surface area contributed by atoms with Gasteiger partial charge in [0.05, 0.1) is 30.6 Å². The third-order valence-electron chi connectivity index (χ3n) is 2.75. The maximum absolute atomic E-state index is 11.1. The zero-order chi connectivity index (χ0) is 15.3. The second-order valence-corrected chi connectivity index (χ2v) is 4.36. The molecule has 1 rings (SSSR count). The Morgan fingerprint density at radius 3 is 2.65 bits per heavy atom. The van der Waals surface area contributed by atoms with E-state index in [-0.39, 0.29) is 29.7 Å². The number of carbonyl (C=O) groups is 2. The smallest absolute Gasteiger partial charge is 0.307 e. The number of aromatic hydroxyl groups is 1. The molecule has 0 unspecified atom stereocenters. The lowest BCUT2D eigenvalue weighted by Gasteiger charge is -2.21. The predicted molar refractivity (Wildman–Crippen MR) is 76.7 cm³/mol. The molecule has 110 valence electrons. The largest absolute Gasteiger partial charge is 0.506 e. The average molecular weight is 281 g/mol. The highest BCUT2D eigenvalue weighted by Crippen LogP contribution is 2.34. The van der Waals surface area contributed by atoms with Crippen LogP contribution in [0.15, 0.2) is 12.1 Å². The van der Waals surface area contributed by atoms with Crippen molar-refractivity contribution in [1.29, 1.82) is 0 Å². The number of rotatable bonds is 5. The molecule has 0 bridgehead atoms. The minimum absolute atomic E-state index is 0.0241. The molecule has 0 fully saturated rings. The predicted octanol–water partition coefficient (Wildman–Crippen LogP) is 0.932. The Hall–Kier alpha value is -2.44. The fraction of sp³-hybridized carbons (Fsp3) is 0.385. The van der Waals surface area contributed by atoms with Crippen molar-refractivity contribution in [2.24, 2.45) is 0 Å². The van der Waals surface area contributed by atoms with Crippen LogP contribution in [0, 0.1) is 0 Å². The molecule has 1 aromatic rings. The Balaban J connectivity index is 2.92. The van der Waals surface area contributed by atoms with Crippen molar-refractivity contribution in [1.82, 2.24) is 0 Å². The van der Waals surface area contributed by atoms with Crippen LogP contribution in [0.3, 0.4) is 0 Å². The number of phenols is 1. The minimum atomic E-state index is -0.339. The molecule has 0 aromatic heterocycles. The summed E-state index contributed by atoms with van der Waals surface area (Å²) in [6, 6.07) is 2.92. The third kappa shape index (κ3) is 4.04. The summed E-state index contributed by atoms with van der Waals surface area (Å²) in [6.45, 7) is 1.73. The summed E-state index contributed by atoms with van der Waals surface area (Å²) in [4.78, 5) is 23.9. The molecule has 7 heteroatoms. The highest BCUT2D eigenvalue weighted by molar-refractivity contribution is 5.94. The number of methoxy groups -OCH3 is 1. The second-order valence-electron chi connectivity index (χ2n) is 4.36. The molecular formula is C13H19N3O4. The van der Waals surface area contributed by atoms with Gasteiger partial charge in [-0.25, -0.2) is 0 Å². The van der Waals surface area contributed by atoms with E-state index in [0.29, 0.717) is 17.9 Å². The Bertz CT molecular complexity index is 517. The second kappa shape index (κ2) is 6.65. The standard InChI is InChI=1S/C13H19N3O4/c1-8(17)15-10-7-11(12(18)6-9(10)14)16(2)5-4-13(19)20-3/h6-7,18H,4-5,14H2,1-3H3,(H,15,17). The molecule has 0 saturated heterocycles. The fourth-order valence-electron chi connectivity index (χ4n) is 1.68. The Morgan fingerprint density at radius 1 is 1.45 bits per heavy atom. The van der Waals surface area contributed by atoms with E-state index in [1.165, 1.54) is 20.1 Å². The highest BCUT2D eigenvalue weighted by Gasteiger charge is 2.13. The molecule has 0 atom stereocenters. The third-order valence-corrected chi connectivity index (χ3v) is 2.75. The van der Waals surface area contributed by atoms with Crippen LogP contribution < -0.4 is 16.0 Å². The molecule has 0 aliphatic rings. The average Bonchev–Trinajstić information content (AvgIpc) is 2.38. The summed E-state index contributed by atoms with van der Waals surface area (Å²) in [7, 11) is 3.03. The topological polar surface area (TPSA) is 105 Å². The first-order valence-electron chi connectivity index (χ1n) is 6.03. The summed E-state index contributed by atoms with van der Waals surface area (Å²) in [5.74, 6) is -0.622. The van der Waals surface area contributed by atoms with E-state index in [9.17, 15) is 14.7 Å². The summed E-state index contributed by atoms with van der Waals surface area (Å²) in [5, 5.41) is 12.5. The lowest BCUT2D eigenvalue weighted by molar-refractivity contribution is -0.140. The number of hydrogen-bond donors (Lipinski definition) is 3. The number of anilines is 3. The van der Waals surface area contributed by atoms with Gasteiger partial charge in [-0.05, 0) is 6.07 Å². The first-order chi connectivity index (χ1) is 9.35. The van der Waals surface area contributed by atoms with Crippen molar-refractivity contribution in [2.75, 3.05) is 36.7 Å². The van der Waals surface area contributed by atoms with Gasteiger partial charge in [0, 0.05) is 26.6 Å². The summed E-state index contributed by atoms with van der Waals surface area (Å²) in [6.07, 6.45) is 0.187. The van der Waals surface area contributed by atoms with Crippen LogP contribution >= 0.6 is 0 Å². The first-order valence-corrected chi connectivity index (χ1v) is 6.03. The van der Waals surface area contributed by atoms with Gasteiger partial charge in [0.25, 0.3) is 0 Å². The lowest BCUT2D eigenvalue weighted by Crippen LogP contribution is -2.22. The van der Waals surface area contributed by atoms with Crippen molar-refractivity contribution in [3.05, 3.63) is 12.1 Å². The van der Waals surface area contributed by atoms with E-state index in [1.807, 2.05) is 0 Å². The van der Waals surface area contributed by atoms with Gasteiger partial charge >= 0.3 is 5.97 Å². The number of nitrogens with one attached hydrogen (secondary N) is 1. The maximum Gasteiger partial charge on any atom is 0.307 e. The number of carbonyl (C=O) groups excluding carboxylic acids is 2. The molecule has 0 saturated carbocycles. The molecule has 0 aliphatic carbocycles. The Kier molecular flexibility index (Phi) is 5.19. The molecular weight excluding hydrogens is 262 g/mol. The summed E-state index contributed by atoms with van der Waals surface area (Å²) < 4.78 is 4.56. The van der Waals surface area contributed by atoms with Crippen molar-refractivity contribution >= 4 is 28.9 Å². The van der Waals surface area contributed by atoms with Crippen molar-refractivity contribution in [2.45, 2.75) is 13.3 Å². The van der Waals surface area contributed by atoms with Gasteiger partial charge < -0.3 is 25.8 Å². The van der Waals surface area contributed by atoms with E-state index in [1.54, 1.807) is 18.0 Å². The number of amides is 1. The Morgan fingerprint density at radius 2 is 2.10 bits per heavy atom. The zero-order valence-corrected chi connectivity index (χ0v) is 11.8. The van der Waals surface area contributed by atoms with Crippen molar-refractivity contribution in [3.8, 4) is 5.75 Å². The van der Waals surface area contributed by atoms with E-state index >= 15 is 0 Å². The lowest BCUT2D eigenvalue weighted by atomic mass is 10.2. The number of benzene rings is 1. The minimum Gasteiger partial charge on any atom is -0.506 e. The monoisotopic (exact) mass is 281 g/mol. The van der Waals surface area contributed by atoms with E-state index < -0.39 is 0 Å². The van der Waals surface area contributed by atoms with E-state index in [4.69, 9.17) is 5.73 Å². The van der Waals surface area contributed by atoms with Gasteiger partial charge in [-0.15, -0.1) is 0 Å². The van der Waals surface area contributed by atoms with Crippen LogP contribution in [0.4, 0.5) is 17.1 Å². The maximum atomic E-state index is 11.1. The molecule has 1 amide bonds. The van der Waals surface area contributed by atoms with Crippen LogP contribution in [0.5, 0.6) is 5.75 Å². The first kappa shape index (κ1) is 15.6. The molecule has 0 spiro atoms. The number of esters is 1. The number of phenolic OH excluding ortho intramolecular Hbond substituents is 1. The van der Waals surface area contributed by atoms with Crippen molar-refractivity contribution in [3.63, 3.8) is 0 Å². The van der Waals surface area contributed by atoms with Gasteiger partial charge in [-0.2, -0.15) is 0 Å². The van der Waals surface area contributed by atoms with Crippen LogP contribution in [0.1, 0.15) is 13.3 Å². The number of nitrogen functional groups attached to an aromatic ring is 1. The quantitative estimate of drug-likeness (QED) is 0.421. The fourth-order valence-corrected chi connectivity index (χ4v) is 1.68. The summed E-state index contributed by atoms with van der Waals surface area (Å²) >= 11 is 0. The molecule has 0 radical (unpaired) electrons. The number of hydrogen-bond acceptors (Lipinski definition) is 6. The van der Waals surface area contributed by atoms with E-state index in [2.05, 4.69) is 10.1 Å². The number of nitrogens with two attached hydrogens (primary N) is 1. The van der Waals surface area contributed by atoms with Crippen LogP contribution in [0.2, 0.25) is 0 Å². The van der Waals surface area contributed by atoms with Gasteiger partial charge in [0.1, 0.15) is 5.75 Å².